The van der Waals surface area contributed by atoms with Crippen LogP contribution in [-0.4, -0.2) is 6.03 Å². The van der Waals surface area contributed by atoms with E-state index in [1.165, 1.54) is 6.07 Å². The van der Waals surface area contributed by atoms with Gasteiger partial charge in [0.2, 0.25) is 0 Å². The molecule has 2 N–H and O–H groups in total. The lowest BCUT2D eigenvalue weighted by Gasteiger charge is -2.39. The molecule has 2 aromatic rings. The van der Waals surface area contributed by atoms with Crippen LogP contribution in [0, 0.1) is 28.9 Å². The lowest BCUT2D eigenvalue weighted by atomic mass is 9.68. The molecule has 2 amide bonds. The summed E-state index contributed by atoms with van der Waals surface area (Å²) in [5.41, 5.74) is 1.59. The zero-order chi connectivity index (χ0) is 21.0. The first-order valence-corrected chi connectivity index (χ1v) is 10.3. The Morgan fingerprint density at radius 3 is 2.21 bits per heavy atom. The largest absolute Gasteiger partial charge is 0.331 e. The van der Waals surface area contributed by atoms with Crippen molar-refractivity contribution in [2.75, 3.05) is 5.32 Å². The number of halogens is 2. The Bertz CT molecular complexity index is 825. The molecule has 0 spiro atoms. The van der Waals surface area contributed by atoms with Gasteiger partial charge in [0.05, 0.1) is 6.04 Å². The van der Waals surface area contributed by atoms with Gasteiger partial charge in [-0.15, -0.1) is 0 Å². The maximum Gasteiger partial charge on any atom is 0.319 e. The molecule has 1 aliphatic carbocycles. The van der Waals surface area contributed by atoms with Crippen molar-refractivity contribution in [1.29, 1.82) is 0 Å². The van der Waals surface area contributed by atoms with Gasteiger partial charge >= 0.3 is 6.03 Å². The van der Waals surface area contributed by atoms with E-state index in [0.717, 1.165) is 43.4 Å². The SMILES string of the molecule is CC(C)(C)C1CCC(C(NC(=O)Nc2ccc(F)c(F)c2)c2ccccc2)CC1. The average molecular weight is 401 g/mol. The molecule has 1 unspecified atom stereocenters. The van der Waals surface area contributed by atoms with Gasteiger partial charge in [0.25, 0.3) is 0 Å². The maximum absolute atomic E-state index is 13.4. The van der Waals surface area contributed by atoms with Crippen LogP contribution in [0.25, 0.3) is 0 Å². The molecule has 0 aliphatic heterocycles. The molecule has 2 aromatic carbocycles. The van der Waals surface area contributed by atoms with Crippen molar-refractivity contribution >= 4 is 11.7 Å². The van der Waals surface area contributed by atoms with E-state index in [1.807, 2.05) is 30.3 Å². The van der Waals surface area contributed by atoms with E-state index in [2.05, 4.69) is 31.4 Å². The van der Waals surface area contributed by atoms with Gasteiger partial charge < -0.3 is 10.6 Å². The van der Waals surface area contributed by atoms with Crippen molar-refractivity contribution < 1.29 is 13.6 Å². The Kier molecular flexibility index (Phi) is 6.56. The average Bonchev–Trinajstić information content (AvgIpc) is 2.69. The number of hydrogen-bond donors (Lipinski definition) is 2. The third-order valence-corrected chi connectivity index (χ3v) is 6.09. The number of hydrogen-bond acceptors (Lipinski definition) is 1. The van der Waals surface area contributed by atoms with Crippen LogP contribution in [0.15, 0.2) is 48.5 Å². The van der Waals surface area contributed by atoms with Crippen molar-refractivity contribution in [3.63, 3.8) is 0 Å². The molecule has 1 saturated carbocycles. The van der Waals surface area contributed by atoms with Gasteiger partial charge in [0.15, 0.2) is 11.6 Å². The molecule has 156 valence electrons. The Morgan fingerprint density at radius 2 is 1.62 bits per heavy atom. The molecule has 1 atom stereocenters. The standard InChI is InChI=1S/C24H30F2N2O/c1-24(2,3)18-11-9-17(10-12-18)22(16-7-5-4-6-8-16)28-23(29)27-19-13-14-20(25)21(26)15-19/h4-8,13-15,17-18,22H,9-12H2,1-3H3,(H2,27,28,29). The number of nitrogens with one attached hydrogen (secondary N) is 2. The number of urea groups is 1. The lowest BCUT2D eigenvalue weighted by Crippen LogP contribution is -2.38. The van der Waals surface area contributed by atoms with Gasteiger partial charge in [0, 0.05) is 11.8 Å². The van der Waals surface area contributed by atoms with Gasteiger partial charge in [-0.25, -0.2) is 13.6 Å². The molecule has 0 bridgehead atoms. The predicted octanol–water partition coefficient (Wildman–Crippen LogP) is 6.68. The molecule has 1 aliphatic rings. The van der Waals surface area contributed by atoms with E-state index in [9.17, 15) is 13.6 Å². The highest BCUT2D eigenvalue weighted by atomic mass is 19.2. The first kappa shape index (κ1) is 21.3. The summed E-state index contributed by atoms with van der Waals surface area (Å²) in [6.45, 7) is 6.88. The van der Waals surface area contributed by atoms with Crippen molar-refractivity contribution in [3.05, 3.63) is 65.7 Å². The molecular weight excluding hydrogens is 370 g/mol. The van der Waals surface area contributed by atoms with Crippen LogP contribution in [0.5, 0.6) is 0 Å². The zero-order valence-corrected chi connectivity index (χ0v) is 17.3. The van der Waals surface area contributed by atoms with E-state index in [0.29, 0.717) is 17.3 Å². The maximum atomic E-state index is 13.4. The number of rotatable bonds is 4. The summed E-state index contributed by atoms with van der Waals surface area (Å²) in [5.74, 6) is -0.894. The minimum absolute atomic E-state index is 0.123. The molecule has 29 heavy (non-hydrogen) atoms. The molecule has 0 saturated heterocycles. The van der Waals surface area contributed by atoms with Crippen LogP contribution < -0.4 is 10.6 Å². The molecule has 0 heterocycles. The minimum atomic E-state index is -0.983. The second-order valence-electron chi connectivity index (χ2n) is 9.09. The van der Waals surface area contributed by atoms with Crippen molar-refractivity contribution in [2.24, 2.45) is 17.3 Å². The van der Waals surface area contributed by atoms with Crippen LogP contribution in [0.1, 0.15) is 58.1 Å². The van der Waals surface area contributed by atoms with Crippen LogP contribution in [0.4, 0.5) is 19.3 Å². The minimum Gasteiger partial charge on any atom is -0.331 e. The fraction of sp³-hybridized carbons (Fsp3) is 0.458. The van der Waals surface area contributed by atoms with Gasteiger partial charge in [-0.2, -0.15) is 0 Å². The van der Waals surface area contributed by atoms with E-state index in [1.54, 1.807) is 0 Å². The Hall–Kier alpha value is -2.43. The topological polar surface area (TPSA) is 41.1 Å². The highest BCUT2D eigenvalue weighted by molar-refractivity contribution is 5.89. The Balaban J connectivity index is 1.71. The smallest absolute Gasteiger partial charge is 0.319 e. The molecular formula is C24H30F2N2O. The molecule has 0 aromatic heterocycles. The first-order valence-electron chi connectivity index (χ1n) is 10.3. The predicted molar refractivity (Wildman–Crippen MR) is 113 cm³/mol. The normalized spacial score (nSPS) is 20.7. The fourth-order valence-corrected chi connectivity index (χ4v) is 4.33. The Labute approximate surface area is 171 Å². The molecule has 3 rings (SSSR count). The van der Waals surface area contributed by atoms with Gasteiger partial charge in [-0.3, -0.25) is 0 Å². The summed E-state index contributed by atoms with van der Waals surface area (Å²) in [5, 5.41) is 5.70. The Morgan fingerprint density at radius 1 is 0.966 bits per heavy atom. The van der Waals surface area contributed by atoms with E-state index in [-0.39, 0.29) is 11.7 Å². The number of anilines is 1. The van der Waals surface area contributed by atoms with Crippen LogP contribution in [0.2, 0.25) is 0 Å². The van der Waals surface area contributed by atoms with Crippen LogP contribution >= 0.6 is 0 Å². The first-order chi connectivity index (χ1) is 13.7. The van der Waals surface area contributed by atoms with Gasteiger partial charge in [-0.1, -0.05) is 51.1 Å². The van der Waals surface area contributed by atoms with Crippen molar-refractivity contribution in [2.45, 2.75) is 52.5 Å². The molecule has 5 heteroatoms. The van der Waals surface area contributed by atoms with E-state index >= 15 is 0 Å². The van der Waals surface area contributed by atoms with Gasteiger partial charge in [-0.05, 0) is 60.6 Å². The quantitative estimate of drug-likeness (QED) is 0.590. The zero-order valence-electron chi connectivity index (χ0n) is 17.3. The van der Waals surface area contributed by atoms with E-state index < -0.39 is 17.7 Å². The monoisotopic (exact) mass is 400 g/mol. The summed E-state index contributed by atoms with van der Waals surface area (Å²) < 4.78 is 26.6. The summed E-state index contributed by atoms with van der Waals surface area (Å²) in [4.78, 5) is 12.6. The number of amides is 2. The van der Waals surface area contributed by atoms with Crippen molar-refractivity contribution in [1.82, 2.24) is 5.32 Å². The van der Waals surface area contributed by atoms with Crippen LogP contribution in [-0.2, 0) is 0 Å². The molecule has 1 fully saturated rings. The van der Waals surface area contributed by atoms with Crippen molar-refractivity contribution in [3.8, 4) is 0 Å². The summed E-state index contributed by atoms with van der Waals surface area (Å²) in [7, 11) is 0. The highest BCUT2D eigenvalue weighted by Crippen LogP contribution is 2.43. The number of carbonyl (C=O) groups is 1. The number of benzene rings is 2. The number of carbonyl (C=O) groups excluding carboxylic acids is 1. The third kappa shape index (κ3) is 5.55. The second kappa shape index (κ2) is 8.93. The molecule has 0 radical (unpaired) electrons. The molecule has 3 nitrogen and oxygen atoms in total. The fourth-order valence-electron chi connectivity index (χ4n) is 4.33. The highest BCUT2D eigenvalue weighted by Gasteiger charge is 2.34. The van der Waals surface area contributed by atoms with E-state index in [4.69, 9.17) is 0 Å². The summed E-state index contributed by atoms with van der Waals surface area (Å²) >= 11 is 0. The summed E-state index contributed by atoms with van der Waals surface area (Å²) in [6, 6.07) is 12.8. The lowest BCUT2D eigenvalue weighted by molar-refractivity contribution is 0.134. The van der Waals surface area contributed by atoms with Crippen LogP contribution in [0.3, 0.4) is 0 Å². The second-order valence-corrected chi connectivity index (χ2v) is 9.09. The summed E-state index contributed by atoms with van der Waals surface area (Å²) in [6.07, 6.45) is 4.38. The third-order valence-electron chi connectivity index (χ3n) is 6.09. The van der Waals surface area contributed by atoms with Gasteiger partial charge in [0.1, 0.15) is 0 Å².